The van der Waals surface area contributed by atoms with Crippen LogP contribution in [0.15, 0.2) is 73.1 Å². The van der Waals surface area contributed by atoms with E-state index in [1.54, 1.807) is 24.5 Å². The molecule has 0 saturated carbocycles. The second-order valence-electron chi connectivity index (χ2n) is 7.95. The van der Waals surface area contributed by atoms with Crippen molar-refractivity contribution in [3.8, 4) is 0 Å². The molecule has 1 fully saturated rings. The number of amides is 2. The molecule has 176 valence electrons. The lowest BCUT2D eigenvalue weighted by Crippen LogP contribution is -2.50. The smallest absolute Gasteiger partial charge is 0.313 e. The summed E-state index contributed by atoms with van der Waals surface area (Å²) in [6.07, 6.45) is 3.40. The van der Waals surface area contributed by atoms with Crippen molar-refractivity contribution in [2.45, 2.75) is 6.04 Å². The van der Waals surface area contributed by atoms with Crippen LogP contribution in [-0.4, -0.2) is 54.4 Å². The Hall–Kier alpha value is -3.85. The van der Waals surface area contributed by atoms with E-state index in [-0.39, 0.29) is 24.1 Å². The van der Waals surface area contributed by atoms with Gasteiger partial charge in [-0.3, -0.25) is 19.5 Å². The first-order valence-corrected chi connectivity index (χ1v) is 11.0. The number of hydrogen-bond donors (Lipinski definition) is 2. The van der Waals surface area contributed by atoms with Crippen molar-refractivity contribution in [3.63, 3.8) is 0 Å². The maximum absolute atomic E-state index is 14.2. The lowest BCUT2D eigenvalue weighted by molar-refractivity contribution is -0.136. The highest BCUT2D eigenvalue weighted by atomic mass is 19.1. The predicted octanol–water partition coefficient (Wildman–Crippen LogP) is 2.98. The minimum absolute atomic E-state index is 0.181. The first-order valence-electron chi connectivity index (χ1n) is 11.0. The molecule has 2 amide bonds. The third-order valence-corrected chi connectivity index (χ3v) is 5.76. The van der Waals surface area contributed by atoms with Gasteiger partial charge in [0.15, 0.2) is 0 Å². The highest BCUT2D eigenvalue weighted by molar-refractivity contribution is 6.39. The Balaban J connectivity index is 1.39. The van der Waals surface area contributed by atoms with Crippen LogP contribution in [0.1, 0.15) is 11.6 Å². The number of halogens is 2. The van der Waals surface area contributed by atoms with Crippen LogP contribution in [0, 0.1) is 11.6 Å². The van der Waals surface area contributed by atoms with Gasteiger partial charge in [-0.25, -0.2) is 8.78 Å². The van der Waals surface area contributed by atoms with Crippen LogP contribution in [-0.2, 0) is 9.59 Å². The number of hydrogen-bond acceptors (Lipinski definition) is 5. The van der Waals surface area contributed by atoms with Gasteiger partial charge in [0.2, 0.25) is 0 Å². The van der Waals surface area contributed by atoms with E-state index < -0.39 is 17.6 Å². The Bertz CT molecular complexity index is 1140. The summed E-state index contributed by atoms with van der Waals surface area (Å²) in [6, 6.07) is 15.5. The van der Waals surface area contributed by atoms with Crippen LogP contribution in [0.3, 0.4) is 0 Å². The maximum atomic E-state index is 14.2. The monoisotopic (exact) mass is 465 g/mol. The number of piperazine rings is 1. The fraction of sp³-hybridized carbons (Fsp3) is 0.240. The van der Waals surface area contributed by atoms with Crippen molar-refractivity contribution in [2.75, 3.05) is 42.9 Å². The van der Waals surface area contributed by atoms with Crippen LogP contribution in [0.2, 0.25) is 0 Å². The number of nitrogens with zero attached hydrogens (tertiary/aromatic N) is 3. The van der Waals surface area contributed by atoms with Gasteiger partial charge < -0.3 is 15.5 Å². The van der Waals surface area contributed by atoms with Crippen molar-refractivity contribution in [1.82, 2.24) is 15.2 Å². The predicted molar refractivity (Wildman–Crippen MR) is 125 cm³/mol. The summed E-state index contributed by atoms with van der Waals surface area (Å²) in [7, 11) is 0. The zero-order valence-corrected chi connectivity index (χ0v) is 18.5. The van der Waals surface area contributed by atoms with Gasteiger partial charge >= 0.3 is 11.8 Å². The Kier molecular flexibility index (Phi) is 7.44. The number of pyridine rings is 1. The van der Waals surface area contributed by atoms with Crippen LogP contribution < -0.4 is 15.5 Å². The summed E-state index contributed by atoms with van der Waals surface area (Å²) >= 11 is 0. The molecule has 0 bridgehead atoms. The number of anilines is 2. The lowest BCUT2D eigenvalue weighted by atomic mass is 10.1. The SMILES string of the molecule is O=C(NCC(c1cccnc1)N1CCN(c2ccccc2F)CC1)C(=O)Nc1cccc(F)c1. The Morgan fingerprint density at radius 1 is 0.941 bits per heavy atom. The van der Waals surface area contributed by atoms with Gasteiger partial charge in [0.25, 0.3) is 0 Å². The zero-order valence-electron chi connectivity index (χ0n) is 18.5. The molecular formula is C25H25F2N5O2. The van der Waals surface area contributed by atoms with E-state index in [4.69, 9.17) is 0 Å². The maximum Gasteiger partial charge on any atom is 0.313 e. The normalized spacial score (nSPS) is 14.9. The van der Waals surface area contributed by atoms with Gasteiger partial charge in [-0.05, 0) is 42.0 Å². The fourth-order valence-electron chi connectivity index (χ4n) is 4.04. The van der Waals surface area contributed by atoms with Crippen LogP contribution in [0.4, 0.5) is 20.2 Å². The molecule has 1 saturated heterocycles. The Labute approximate surface area is 196 Å². The van der Waals surface area contributed by atoms with Gasteiger partial charge in [-0.2, -0.15) is 0 Å². The molecule has 1 unspecified atom stereocenters. The standard InChI is InChI=1S/C25H25F2N5O2/c26-19-6-3-7-20(15-19)30-25(34)24(33)29-17-23(18-5-4-10-28-16-18)32-13-11-31(12-14-32)22-9-2-1-8-21(22)27/h1-10,15-16,23H,11-14,17H2,(H,29,33)(H,30,34). The minimum Gasteiger partial charge on any atom is -0.367 e. The number of nitrogens with one attached hydrogen (secondary N) is 2. The highest BCUT2D eigenvalue weighted by Gasteiger charge is 2.27. The van der Waals surface area contributed by atoms with Gasteiger partial charge in [0, 0.05) is 50.8 Å². The summed E-state index contributed by atoms with van der Waals surface area (Å²) in [5, 5.41) is 5.07. The molecule has 1 atom stereocenters. The fourth-order valence-corrected chi connectivity index (χ4v) is 4.04. The molecule has 0 spiro atoms. The molecule has 1 aromatic heterocycles. The van der Waals surface area contributed by atoms with Crippen molar-refractivity contribution < 1.29 is 18.4 Å². The van der Waals surface area contributed by atoms with E-state index in [0.717, 1.165) is 11.6 Å². The number of carbonyl (C=O) groups excluding carboxylic acids is 2. The quantitative estimate of drug-likeness (QED) is 0.548. The first kappa shape index (κ1) is 23.3. The Morgan fingerprint density at radius 2 is 1.74 bits per heavy atom. The van der Waals surface area contributed by atoms with E-state index in [2.05, 4.69) is 20.5 Å². The van der Waals surface area contributed by atoms with E-state index in [9.17, 15) is 18.4 Å². The number of rotatable bonds is 6. The van der Waals surface area contributed by atoms with E-state index in [1.165, 1.54) is 24.3 Å². The number of para-hydroxylation sites is 1. The molecule has 0 radical (unpaired) electrons. The first-order chi connectivity index (χ1) is 16.5. The van der Waals surface area contributed by atoms with Crippen molar-refractivity contribution in [1.29, 1.82) is 0 Å². The zero-order chi connectivity index (χ0) is 23.9. The summed E-state index contributed by atoms with van der Waals surface area (Å²) in [5.41, 5.74) is 1.67. The molecule has 1 aliphatic rings. The highest BCUT2D eigenvalue weighted by Crippen LogP contribution is 2.25. The second-order valence-corrected chi connectivity index (χ2v) is 7.95. The average molecular weight is 466 g/mol. The molecule has 2 heterocycles. The minimum atomic E-state index is -0.875. The van der Waals surface area contributed by atoms with E-state index in [0.29, 0.717) is 31.9 Å². The Morgan fingerprint density at radius 3 is 2.44 bits per heavy atom. The number of benzene rings is 2. The topological polar surface area (TPSA) is 77.6 Å². The summed E-state index contributed by atoms with van der Waals surface area (Å²) in [5.74, 6) is -2.45. The third kappa shape index (κ3) is 5.74. The molecule has 9 heteroatoms. The van der Waals surface area contributed by atoms with Crippen molar-refractivity contribution in [2.24, 2.45) is 0 Å². The molecule has 1 aliphatic heterocycles. The van der Waals surface area contributed by atoms with Gasteiger partial charge in [-0.1, -0.05) is 24.3 Å². The third-order valence-electron chi connectivity index (χ3n) is 5.76. The molecule has 3 aromatic rings. The average Bonchev–Trinajstić information content (AvgIpc) is 2.85. The molecule has 7 nitrogen and oxygen atoms in total. The molecule has 34 heavy (non-hydrogen) atoms. The summed E-state index contributed by atoms with van der Waals surface area (Å²) < 4.78 is 27.5. The summed E-state index contributed by atoms with van der Waals surface area (Å²) in [4.78, 5) is 33.1. The molecule has 2 N–H and O–H groups in total. The molecule has 2 aromatic carbocycles. The second kappa shape index (κ2) is 10.8. The number of aromatic nitrogens is 1. The largest absolute Gasteiger partial charge is 0.367 e. The summed E-state index contributed by atoms with van der Waals surface area (Å²) in [6.45, 7) is 2.69. The van der Waals surface area contributed by atoms with Crippen LogP contribution in [0.25, 0.3) is 0 Å². The number of carbonyl (C=O) groups is 2. The van der Waals surface area contributed by atoms with Crippen LogP contribution >= 0.6 is 0 Å². The molecular weight excluding hydrogens is 440 g/mol. The van der Waals surface area contributed by atoms with Crippen molar-refractivity contribution >= 4 is 23.2 Å². The molecule has 0 aliphatic carbocycles. The lowest BCUT2D eigenvalue weighted by Gasteiger charge is -2.40. The van der Waals surface area contributed by atoms with Crippen LogP contribution in [0.5, 0.6) is 0 Å². The van der Waals surface area contributed by atoms with Gasteiger partial charge in [0.1, 0.15) is 11.6 Å². The van der Waals surface area contributed by atoms with Gasteiger partial charge in [-0.15, -0.1) is 0 Å². The van der Waals surface area contributed by atoms with Gasteiger partial charge in [0.05, 0.1) is 11.7 Å². The van der Waals surface area contributed by atoms with E-state index in [1.807, 2.05) is 23.1 Å². The van der Waals surface area contributed by atoms with Crippen molar-refractivity contribution in [3.05, 3.63) is 90.3 Å². The molecule has 4 rings (SSSR count). The van der Waals surface area contributed by atoms with E-state index >= 15 is 0 Å².